The van der Waals surface area contributed by atoms with Crippen LogP contribution in [0, 0.1) is 20.2 Å². The minimum atomic E-state index is -3.20. The van der Waals surface area contributed by atoms with Crippen LogP contribution in [0.15, 0.2) is 16.8 Å². The van der Waals surface area contributed by atoms with E-state index in [9.17, 15) is 18.0 Å². The number of anilines is 1. The number of carbonyl (C=O) groups excluding carboxylic acids is 1. The molecule has 2 bridgehead atoms. The molecule has 0 aromatic carbocycles. The van der Waals surface area contributed by atoms with Crippen LogP contribution in [0.25, 0.3) is 0 Å². The molecule has 0 unspecified atom stereocenters. The molecule has 7 nitrogen and oxygen atoms in total. The summed E-state index contributed by atoms with van der Waals surface area (Å²) in [6, 6.07) is 1.52. The summed E-state index contributed by atoms with van der Waals surface area (Å²) < 4.78 is 51.9. The lowest BCUT2D eigenvalue weighted by molar-refractivity contribution is -0.0158. The van der Waals surface area contributed by atoms with Gasteiger partial charge in [-0.3, -0.25) is 4.90 Å². The van der Waals surface area contributed by atoms with Gasteiger partial charge >= 0.3 is 12.0 Å². The second kappa shape index (κ2) is 8.63. The van der Waals surface area contributed by atoms with Crippen LogP contribution in [-0.4, -0.2) is 34.4 Å². The van der Waals surface area contributed by atoms with E-state index >= 15 is 0 Å². The third-order valence-electron chi connectivity index (χ3n) is 6.67. The van der Waals surface area contributed by atoms with Gasteiger partial charge in [-0.15, -0.1) is 0 Å². The minimum Gasteiger partial charge on any atom is -0.449 e. The Morgan fingerprint density at radius 3 is 2.47 bits per heavy atom. The van der Waals surface area contributed by atoms with Gasteiger partial charge in [0.25, 0.3) is 5.89 Å². The highest BCUT2D eigenvalue weighted by molar-refractivity contribution is 14.1. The van der Waals surface area contributed by atoms with Gasteiger partial charge in [0.05, 0.1) is 16.4 Å². The van der Waals surface area contributed by atoms with Gasteiger partial charge in [-0.05, 0) is 71.6 Å². The Hall–Kier alpha value is -1.92. The quantitative estimate of drug-likeness (QED) is 0.371. The molecule has 2 saturated carbocycles. The van der Waals surface area contributed by atoms with E-state index in [1.54, 1.807) is 0 Å². The number of aromatic nitrogens is 3. The van der Waals surface area contributed by atoms with E-state index in [-0.39, 0.29) is 17.4 Å². The molecule has 0 atom stereocenters. The van der Waals surface area contributed by atoms with Crippen LogP contribution in [0.3, 0.4) is 0 Å². The maximum atomic E-state index is 13.9. The highest BCUT2D eigenvalue weighted by atomic mass is 127. The van der Waals surface area contributed by atoms with Gasteiger partial charge in [-0.1, -0.05) is 25.9 Å². The molecule has 0 saturated heterocycles. The number of nitrogens with zero attached hydrogens (tertiary/aromatic N) is 4. The molecule has 2 aliphatic rings. The average molecular weight is 592 g/mol. The van der Waals surface area contributed by atoms with Crippen LogP contribution in [-0.2, 0) is 16.1 Å². The second-order valence-electron chi connectivity index (χ2n) is 10.9. The molecule has 2 heterocycles. The highest BCUT2D eigenvalue weighted by Crippen LogP contribution is 2.62. The minimum absolute atomic E-state index is 0.217. The molecule has 11 heteroatoms. The van der Waals surface area contributed by atoms with Crippen LogP contribution in [0.1, 0.15) is 71.5 Å². The topological polar surface area (TPSA) is 81.4 Å². The molecule has 186 valence electrons. The zero-order chi connectivity index (χ0) is 24.9. The van der Waals surface area contributed by atoms with Crippen molar-refractivity contribution in [1.29, 1.82) is 0 Å². The molecule has 0 N–H and O–H groups in total. The first-order valence-corrected chi connectivity index (χ1v) is 12.3. The first-order chi connectivity index (χ1) is 15.7. The molecular formula is C23H28F3IN4O3. The van der Waals surface area contributed by atoms with Crippen molar-refractivity contribution >= 4 is 34.5 Å². The molecule has 4 rings (SSSR count). The summed E-state index contributed by atoms with van der Waals surface area (Å²) in [4.78, 5) is 22.8. The van der Waals surface area contributed by atoms with Crippen LogP contribution in [0.2, 0.25) is 0 Å². The molecule has 1 amide bonds. The van der Waals surface area contributed by atoms with Crippen molar-refractivity contribution in [1.82, 2.24) is 15.1 Å². The van der Waals surface area contributed by atoms with E-state index in [1.165, 1.54) is 11.0 Å². The number of alkyl halides is 2. The summed E-state index contributed by atoms with van der Waals surface area (Å²) in [6.45, 7) is 7.15. The van der Waals surface area contributed by atoms with Crippen LogP contribution in [0.5, 0.6) is 0 Å². The van der Waals surface area contributed by atoms with Gasteiger partial charge in [-0.25, -0.2) is 14.2 Å². The number of amides is 1. The fourth-order valence-corrected chi connectivity index (χ4v) is 5.36. The highest BCUT2D eigenvalue weighted by Gasteiger charge is 2.58. The monoisotopic (exact) mass is 592 g/mol. The number of hydrogen-bond acceptors (Lipinski definition) is 6. The Kier molecular flexibility index (Phi) is 6.39. The fraction of sp³-hybridized carbons (Fsp3) is 0.652. The summed E-state index contributed by atoms with van der Waals surface area (Å²) in [5.41, 5.74) is -0.964. The van der Waals surface area contributed by atoms with E-state index in [4.69, 9.17) is 9.26 Å². The van der Waals surface area contributed by atoms with Crippen molar-refractivity contribution in [2.45, 2.75) is 71.1 Å². The van der Waals surface area contributed by atoms with Crippen LogP contribution >= 0.6 is 22.6 Å². The standard InChI is InChI=1S/C23H28F3IN4O3/c1-20(2,3)13-33-19(32)31(16-9-15(27)14(24)10-28-16)12-22-5-7-23(11-22,8-6-22)17-29-18(34-30-17)21(4,25)26/h9-10H,5-8,11-13H2,1-4H3. The Labute approximate surface area is 210 Å². The van der Waals surface area contributed by atoms with Crippen molar-refractivity contribution in [2.75, 3.05) is 18.1 Å². The smallest absolute Gasteiger partial charge is 0.415 e. The first kappa shape index (κ1) is 25.2. The summed E-state index contributed by atoms with van der Waals surface area (Å²) >= 11 is 1.86. The number of fused-ring (bicyclic) bond motifs is 2. The lowest BCUT2D eigenvalue weighted by Crippen LogP contribution is -2.41. The van der Waals surface area contributed by atoms with Crippen molar-refractivity contribution in [3.05, 3.63) is 33.4 Å². The number of rotatable bonds is 6. The normalized spacial score (nSPS) is 24.5. The van der Waals surface area contributed by atoms with Gasteiger partial charge in [0.15, 0.2) is 11.6 Å². The Morgan fingerprint density at radius 2 is 1.91 bits per heavy atom. The van der Waals surface area contributed by atoms with Crippen molar-refractivity contribution < 1.29 is 27.2 Å². The summed E-state index contributed by atoms with van der Waals surface area (Å²) in [6.07, 6.45) is 4.13. The van der Waals surface area contributed by atoms with Crippen LogP contribution < -0.4 is 4.90 Å². The molecule has 0 spiro atoms. The molecule has 0 radical (unpaired) electrons. The van der Waals surface area contributed by atoms with E-state index in [0.717, 1.165) is 26.0 Å². The lowest BCUT2D eigenvalue weighted by Gasteiger charge is -2.33. The molecular weight excluding hydrogens is 564 g/mol. The predicted octanol–water partition coefficient (Wildman–Crippen LogP) is 6.21. The van der Waals surface area contributed by atoms with Gasteiger partial charge < -0.3 is 9.26 Å². The number of halogens is 4. The summed E-state index contributed by atoms with van der Waals surface area (Å²) in [7, 11) is 0. The first-order valence-electron chi connectivity index (χ1n) is 11.2. The molecule has 2 aromatic rings. The van der Waals surface area contributed by atoms with Crippen LogP contribution in [0.4, 0.5) is 23.8 Å². The molecule has 2 fully saturated rings. The molecule has 2 aliphatic carbocycles. The summed E-state index contributed by atoms with van der Waals surface area (Å²) in [5, 5.41) is 3.89. The van der Waals surface area contributed by atoms with Gasteiger partial charge in [0.1, 0.15) is 5.82 Å². The van der Waals surface area contributed by atoms with E-state index < -0.39 is 29.1 Å². The number of hydrogen-bond donors (Lipinski definition) is 0. The van der Waals surface area contributed by atoms with Crippen molar-refractivity contribution in [3.63, 3.8) is 0 Å². The van der Waals surface area contributed by atoms with E-state index in [0.29, 0.717) is 41.0 Å². The van der Waals surface area contributed by atoms with Gasteiger partial charge in [0, 0.05) is 18.9 Å². The predicted molar refractivity (Wildman–Crippen MR) is 126 cm³/mol. The molecule has 2 aromatic heterocycles. The van der Waals surface area contributed by atoms with E-state index in [1.807, 2.05) is 43.4 Å². The third kappa shape index (κ3) is 5.03. The fourth-order valence-electron chi connectivity index (χ4n) is 4.95. The van der Waals surface area contributed by atoms with Gasteiger partial charge in [-0.2, -0.15) is 13.8 Å². The third-order valence-corrected chi connectivity index (χ3v) is 7.50. The maximum absolute atomic E-state index is 13.9. The number of carbonyl (C=O) groups is 1. The largest absolute Gasteiger partial charge is 0.449 e. The van der Waals surface area contributed by atoms with Crippen molar-refractivity contribution in [2.24, 2.45) is 10.8 Å². The number of pyridine rings is 1. The zero-order valence-electron chi connectivity index (χ0n) is 19.6. The zero-order valence-corrected chi connectivity index (χ0v) is 21.8. The lowest BCUT2D eigenvalue weighted by atomic mass is 9.81. The Morgan fingerprint density at radius 1 is 1.24 bits per heavy atom. The number of ether oxygens (including phenoxy) is 1. The molecule has 0 aliphatic heterocycles. The van der Waals surface area contributed by atoms with Gasteiger partial charge in [0.2, 0.25) is 0 Å². The SMILES string of the molecule is CC(C)(C)COC(=O)N(CC12CCC(c3noc(C(C)(F)F)n3)(CC1)C2)c1cc(I)c(F)cn1. The summed E-state index contributed by atoms with van der Waals surface area (Å²) in [5.74, 6) is -3.73. The second-order valence-corrected chi connectivity index (χ2v) is 12.1. The van der Waals surface area contributed by atoms with Crippen molar-refractivity contribution in [3.8, 4) is 0 Å². The van der Waals surface area contributed by atoms with E-state index in [2.05, 4.69) is 15.1 Å². The average Bonchev–Trinajstić information content (AvgIpc) is 3.46. The maximum Gasteiger partial charge on any atom is 0.415 e. The molecule has 34 heavy (non-hydrogen) atoms. The Balaban J connectivity index is 1.58. The Bertz CT molecular complexity index is 1070.